The molecule has 0 bridgehead atoms. The second-order valence-corrected chi connectivity index (χ2v) is 7.38. The van der Waals surface area contributed by atoms with Crippen LogP contribution in [0.4, 0.5) is 0 Å². The maximum atomic E-state index is 12.3. The lowest BCUT2D eigenvalue weighted by Crippen LogP contribution is -2.39. The summed E-state index contributed by atoms with van der Waals surface area (Å²) in [5.41, 5.74) is 0.790. The van der Waals surface area contributed by atoms with Gasteiger partial charge in [0.1, 0.15) is 0 Å². The number of nitrogens with one attached hydrogen (secondary N) is 2. The van der Waals surface area contributed by atoms with E-state index in [4.69, 9.17) is 0 Å². The van der Waals surface area contributed by atoms with Gasteiger partial charge in [0, 0.05) is 25.2 Å². The van der Waals surface area contributed by atoms with Crippen molar-refractivity contribution in [3.8, 4) is 0 Å². The number of carbonyl (C=O) groups is 1. The minimum Gasteiger partial charge on any atom is -0.335 e. The van der Waals surface area contributed by atoms with E-state index in [2.05, 4.69) is 10.0 Å². The molecule has 1 amide bonds. The fourth-order valence-corrected chi connectivity index (χ4v) is 3.44. The SMILES string of the molecule is CNCC1CCCN1C(=O)/C=C/c1ccc(S(=O)(=O)NC)cc1. The number of likely N-dealkylation sites (N-methyl/N-ethyl adjacent to an activating group) is 1. The zero-order valence-electron chi connectivity index (χ0n) is 13.5. The molecule has 1 fully saturated rings. The Bertz CT molecular complexity index is 668. The molecule has 1 atom stereocenters. The topological polar surface area (TPSA) is 78.5 Å². The number of hydrogen-bond donors (Lipinski definition) is 2. The van der Waals surface area contributed by atoms with Gasteiger partial charge < -0.3 is 10.2 Å². The molecule has 6 nitrogen and oxygen atoms in total. The van der Waals surface area contributed by atoms with Crippen LogP contribution in [0.1, 0.15) is 18.4 Å². The second kappa shape index (κ2) is 7.72. The van der Waals surface area contributed by atoms with E-state index >= 15 is 0 Å². The monoisotopic (exact) mass is 337 g/mol. The Morgan fingerprint density at radius 1 is 1.30 bits per heavy atom. The Morgan fingerprint density at radius 2 is 2.00 bits per heavy atom. The van der Waals surface area contributed by atoms with Gasteiger partial charge in [0.05, 0.1) is 4.90 Å². The van der Waals surface area contributed by atoms with Gasteiger partial charge in [-0.1, -0.05) is 12.1 Å². The van der Waals surface area contributed by atoms with Crippen molar-refractivity contribution < 1.29 is 13.2 Å². The van der Waals surface area contributed by atoms with Crippen LogP contribution in [0.5, 0.6) is 0 Å². The van der Waals surface area contributed by atoms with E-state index < -0.39 is 10.0 Å². The van der Waals surface area contributed by atoms with Crippen LogP contribution in [-0.4, -0.2) is 52.5 Å². The van der Waals surface area contributed by atoms with E-state index in [1.54, 1.807) is 24.3 Å². The predicted molar refractivity (Wildman–Crippen MR) is 90.4 cm³/mol. The highest BCUT2D eigenvalue weighted by molar-refractivity contribution is 7.89. The van der Waals surface area contributed by atoms with Crippen molar-refractivity contribution in [3.63, 3.8) is 0 Å². The minimum atomic E-state index is -3.43. The van der Waals surface area contributed by atoms with Gasteiger partial charge in [0.15, 0.2) is 0 Å². The fraction of sp³-hybridized carbons (Fsp3) is 0.438. The van der Waals surface area contributed by atoms with Crippen LogP contribution in [0, 0.1) is 0 Å². The van der Waals surface area contributed by atoms with Gasteiger partial charge in [-0.15, -0.1) is 0 Å². The first kappa shape index (κ1) is 17.7. The summed E-state index contributed by atoms with van der Waals surface area (Å²) in [7, 11) is -0.168. The van der Waals surface area contributed by atoms with Gasteiger partial charge in [-0.05, 0) is 50.7 Å². The average molecular weight is 337 g/mol. The molecule has 2 rings (SSSR count). The lowest BCUT2D eigenvalue weighted by Gasteiger charge is -2.23. The van der Waals surface area contributed by atoms with Crippen LogP contribution in [0.3, 0.4) is 0 Å². The molecule has 1 aliphatic heterocycles. The van der Waals surface area contributed by atoms with E-state index in [0.717, 1.165) is 31.5 Å². The third-order valence-corrected chi connectivity index (χ3v) is 5.41. The number of rotatable bonds is 6. The average Bonchev–Trinajstić information content (AvgIpc) is 3.02. The van der Waals surface area contributed by atoms with Crippen LogP contribution in [0.15, 0.2) is 35.2 Å². The molecule has 1 aromatic rings. The van der Waals surface area contributed by atoms with Crippen LogP contribution in [0.25, 0.3) is 6.08 Å². The first-order chi connectivity index (χ1) is 11.0. The molecular formula is C16H23N3O3S. The van der Waals surface area contributed by atoms with E-state index in [9.17, 15) is 13.2 Å². The number of carbonyl (C=O) groups excluding carboxylic acids is 1. The first-order valence-electron chi connectivity index (χ1n) is 7.65. The number of nitrogens with zero attached hydrogens (tertiary/aromatic N) is 1. The van der Waals surface area contributed by atoms with Crippen LogP contribution in [-0.2, 0) is 14.8 Å². The highest BCUT2D eigenvalue weighted by Gasteiger charge is 2.26. The molecule has 1 unspecified atom stereocenters. The van der Waals surface area contributed by atoms with Crippen molar-refractivity contribution >= 4 is 22.0 Å². The minimum absolute atomic E-state index is 0.00493. The van der Waals surface area contributed by atoms with Crippen LogP contribution in [0.2, 0.25) is 0 Å². The molecule has 0 radical (unpaired) electrons. The fourth-order valence-electron chi connectivity index (χ4n) is 2.71. The van der Waals surface area contributed by atoms with Crippen molar-refractivity contribution in [3.05, 3.63) is 35.9 Å². The Balaban J connectivity index is 2.04. The van der Waals surface area contributed by atoms with Gasteiger partial charge in [-0.25, -0.2) is 13.1 Å². The summed E-state index contributed by atoms with van der Waals surface area (Å²) in [5, 5.41) is 3.11. The van der Waals surface area contributed by atoms with E-state index in [-0.39, 0.29) is 16.8 Å². The molecule has 126 valence electrons. The molecule has 7 heteroatoms. The zero-order valence-corrected chi connectivity index (χ0v) is 14.3. The lowest BCUT2D eigenvalue weighted by atomic mass is 10.2. The van der Waals surface area contributed by atoms with Crippen molar-refractivity contribution in [1.82, 2.24) is 14.9 Å². The summed E-state index contributed by atoms with van der Waals surface area (Å²) in [6, 6.07) is 6.66. The highest BCUT2D eigenvalue weighted by Crippen LogP contribution is 2.17. The van der Waals surface area contributed by atoms with E-state index in [0.29, 0.717) is 0 Å². The molecule has 0 aliphatic carbocycles. The predicted octanol–water partition coefficient (Wildman–Crippen LogP) is 0.818. The largest absolute Gasteiger partial charge is 0.335 e. The van der Waals surface area contributed by atoms with Gasteiger partial charge in [0.25, 0.3) is 0 Å². The maximum absolute atomic E-state index is 12.3. The summed E-state index contributed by atoms with van der Waals surface area (Å²) in [6.07, 6.45) is 5.32. The third-order valence-electron chi connectivity index (χ3n) is 3.98. The molecule has 1 saturated heterocycles. The summed E-state index contributed by atoms with van der Waals surface area (Å²) >= 11 is 0. The summed E-state index contributed by atoms with van der Waals surface area (Å²) in [6.45, 7) is 1.59. The summed E-state index contributed by atoms with van der Waals surface area (Å²) < 4.78 is 25.6. The molecule has 0 aromatic heterocycles. The van der Waals surface area contributed by atoms with Crippen LogP contribution >= 0.6 is 0 Å². The Kier molecular flexibility index (Phi) is 5.92. The molecule has 23 heavy (non-hydrogen) atoms. The van der Waals surface area contributed by atoms with Crippen LogP contribution < -0.4 is 10.0 Å². The maximum Gasteiger partial charge on any atom is 0.246 e. The molecule has 1 aromatic carbocycles. The zero-order chi connectivity index (χ0) is 16.9. The molecule has 1 heterocycles. The number of likely N-dealkylation sites (tertiary alicyclic amines) is 1. The highest BCUT2D eigenvalue weighted by atomic mass is 32.2. The Morgan fingerprint density at radius 3 is 2.61 bits per heavy atom. The quantitative estimate of drug-likeness (QED) is 0.753. The van der Waals surface area contributed by atoms with Crippen molar-refractivity contribution in [2.24, 2.45) is 0 Å². The van der Waals surface area contributed by atoms with Gasteiger partial charge in [0.2, 0.25) is 15.9 Å². The lowest BCUT2D eigenvalue weighted by molar-refractivity contribution is -0.126. The van der Waals surface area contributed by atoms with Gasteiger partial charge in [-0.3, -0.25) is 4.79 Å². The third kappa shape index (κ3) is 4.40. The van der Waals surface area contributed by atoms with E-state index in [1.165, 1.54) is 19.2 Å². The number of benzene rings is 1. The molecular weight excluding hydrogens is 314 g/mol. The molecule has 0 spiro atoms. The van der Waals surface area contributed by atoms with Gasteiger partial charge in [-0.2, -0.15) is 0 Å². The summed E-state index contributed by atoms with van der Waals surface area (Å²) in [4.78, 5) is 14.4. The van der Waals surface area contributed by atoms with E-state index in [1.807, 2.05) is 11.9 Å². The molecule has 1 aliphatic rings. The van der Waals surface area contributed by atoms with Gasteiger partial charge >= 0.3 is 0 Å². The first-order valence-corrected chi connectivity index (χ1v) is 9.13. The smallest absolute Gasteiger partial charge is 0.246 e. The Labute approximate surface area is 137 Å². The Hall–Kier alpha value is -1.70. The second-order valence-electron chi connectivity index (χ2n) is 5.50. The normalized spacial score (nSPS) is 18.7. The standard InChI is InChI=1S/C16H23N3O3S/c1-17-12-14-4-3-11-19(14)16(20)10-7-13-5-8-15(9-6-13)23(21,22)18-2/h5-10,14,17-18H,3-4,11-12H2,1-2H3/b10-7+. The van der Waals surface area contributed by atoms with Crippen molar-refractivity contribution in [1.29, 1.82) is 0 Å². The van der Waals surface area contributed by atoms with Crippen molar-refractivity contribution in [2.45, 2.75) is 23.8 Å². The summed E-state index contributed by atoms with van der Waals surface area (Å²) in [5.74, 6) is -0.00493. The molecule has 2 N–H and O–H groups in total. The molecule has 0 saturated carbocycles. The number of hydrogen-bond acceptors (Lipinski definition) is 4. The number of amides is 1. The number of sulfonamides is 1. The van der Waals surface area contributed by atoms with Crippen molar-refractivity contribution in [2.75, 3.05) is 27.2 Å².